The summed E-state index contributed by atoms with van der Waals surface area (Å²) in [5, 5.41) is 3.12. The van der Waals surface area contributed by atoms with Crippen LogP contribution in [0.5, 0.6) is 0 Å². The molecule has 1 heterocycles. The van der Waals surface area contributed by atoms with Gasteiger partial charge in [0, 0.05) is 46.3 Å². The van der Waals surface area contributed by atoms with Gasteiger partial charge in [0.2, 0.25) is 0 Å². The molecule has 2 aromatic rings. The molecule has 1 N–H and O–H groups in total. The molecule has 8 nitrogen and oxygen atoms in total. The number of likely N-dealkylation sites (N-methyl/N-ethyl adjacent to an activating group) is 1. The number of hydrogen-bond donors (Lipinski definition) is 1. The van der Waals surface area contributed by atoms with E-state index in [1.54, 1.807) is 38.1 Å². The van der Waals surface area contributed by atoms with Crippen LogP contribution in [0.25, 0.3) is 0 Å². The van der Waals surface area contributed by atoms with Gasteiger partial charge in [-0.3, -0.25) is 4.90 Å². The van der Waals surface area contributed by atoms with Gasteiger partial charge in [0.25, 0.3) is 5.69 Å². The Morgan fingerprint density at radius 2 is 1.59 bits per heavy atom. The van der Waals surface area contributed by atoms with Crippen molar-refractivity contribution in [2.45, 2.75) is 40.2 Å². The van der Waals surface area contributed by atoms with E-state index in [0.717, 1.165) is 11.3 Å². The molecule has 0 aliphatic carbocycles. The van der Waals surface area contributed by atoms with Crippen LogP contribution in [0.15, 0.2) is 77.1 Å². The van der Waals surface area contributed by atoms with Gasteiger partial charge >= 0.3 is 11.9 Å². The number of ether oxygens (including phenoxy) is 2. The summed E-state index contributed by atoms with van der Waals surface area (Å²) in [6.45, 7) is 8.99. The summed E-state index contributed by atoms with van der Waals surface area (Å²) in [6.07, 6.45) is 0. The Kier molecular flexibility index (Phi) is 11.2. The Morgan fingerprint density at radius 1 is 0.973 bits per heavy atom. The highest BCUT2D eigenvalue weighted by molar-refractivity contribution is 5.99. The van der Waals surface area contributed by atoms with Gasteiger partial charge in [-0.2, -0.15) is 0 Å². The van der Waals surface area contributed by atoms with Crippen molar-refractivity contribution in [3.8, 4) is 0 Å². The van der Waals surface area contributed by atoms with Crippen LogP contribution in [-0.4, -0.2) is 56.0 Å². The molecular weight excluding hydrogens is 470 g/mol. The zero-order valence-corrected chi connectivity index (χ0v) is 22.8. The van der Waals surface area contributed by atoms with Crippen LogP contribution in [0, 0.1) is 4.91 Å². The maximum atomic E-state index is 13.3. The lowest BCUT2D eigenvalue weighted by Crippen LogP contribution is -2.33. The summed E-state index contributed by atoms with van der Waals surface area (Å²) in [6, 6.07) is 16.9. The predicted octanol–water partition coefficient (Wildman–Crippen LogP) is 4.84. The number of rotatable bonds is 9. The Bertz CT molecular complexity index is 1170. The normalized spacial score (nSPS) is 15.0. The molecule has 3 rings (SSSR count). The van der Waals surface area contributed by atoms with Crippen molar-refractivity contribution in [3.05, 3.63) is 93.2 Å². The first-order valence-electron chi connectivity index (χ1n) is 12.4. The molecule has 0 saturated carbocycles. The molecule has 2 aromatic carbocycles. The van der Waals surface area contributed by atoms with Crippen LogP contribution in [0.4, 0.5) is 5.69 Å². The number of benzene rings is 2. The molecule has 0 aromatic heterocycles. The van der Waals surface area contributed by atoms with Gasteiger partial charge in [-0.05, 0) is 32.0 Å². The number of nitrogens with zero attached hydrogens (tertiary/aromatic N) is 2. The van der Waals surface area contributed by atoms with Crippen LogP contribution in [0.3, 0.4) is 0 Å². The Balaban J connectivity index is 0.00000235. The van der Waals surface area contributed by atoms with Gasteiger partial charge in [-0.25, -0.2) is 9.59 Å². The number of allylic oxidation sites excluding steroid dienone is 2. The second-order valence-corrected chi connectivity index (χ2v) is 8.58. The van der Waals surface area contributed by atoms with E-state index in [0.29, 0.717) is 40.3 Å². The summed E-state index contributed by atoms with van der Waals surface area (Å²) >= 11 is 0. The highest BCUT2D eigenvalue weighted by atomic mass is 16.5. The number of dihydropyridines is 1. The lowest BCUT2D eigenvalue weighted by molar-refractivity contribution is -0.428. The number of hydrogen-bond acceptors (Lipinski definition) is 7. The third-order valence-corrected chi connectivity index (χ3v) is 5.95. The van der Waals surface area contributed by atoms with Gasteiger partial charge in [0.15, 0.2) is 7.05 Å². The molecule has 1 atom stereocenters. The summed E-state index contributed by atoms with van der Waals surface area (Å²) in [7, 11) is 4.65. The average Bonchev–Trinajstić information content (AvgIpc) is 2.89. The molecule has 0 amide bonds. The van der Waals surface area contributed by atoms with E-state index >= 15 is 0 Å². The third-order valence-electron chi connectivity index (χ3n) is 5.95. The molecule has 0 saturated heterocycles. The number of methoxy groups -OCH3 is 1. The van der Waals surface area contributed by atoms with Gasteiger partial charge in [0.05, 0.1) is 24.2 Å². The molecule has 0 fully saturated rings. The monoisotopic (exact) mass is 508 g/mol. The molecule has 1 aliphatic rings. The maximum Gasteiger partial charge on any atom is 0.336 e. The largest absolute Gasteiger partial charge is 0.466 e. The van der Waals surface area contributed by atoms with E-state index in [2.05, 4.69) is 10.2 Å². The van der Waals surface area contributed by atoms with Crippen LogP contribution in [0.1, 0.15) is 44.7 Å². The van der Waals surface area contributed by atoms with Crippen LogP contribution in [0.2, 0.25) is 0 Å². The minimum absolute atomic E-state index is 0.186. The molecular formula is C29H38N3O5+. The first kappa shape index (κ1) is 29.5. The van der Waals surface area contributed by atoms with Crippen LogP contribution >= 0.6 is 0 Å². The highest BCUT2D eigenvalue weighted by Gasteiger charge is 2.38. The second kappa shape index (κ2) is 14.1. The standard InChI is InChI=1S/C27H31N3O5.C2H6/c1-18-23(26(31)34-5)25(21-12-9-13-22(16-21)30(4)33)24(19(2)28-18)27(32)35-15-14-29(3)17-20-10-7-6-8-11-20;1-2/h6-13,16,25H,14-15,17H2,1-5H3;1-2H3/p+1. The lowest BCUT2D eigenvalue weighted by Gasteiger charge is -2.30. The van der Waals surface area contributed by atoms with E-state index in [1.165, 1.54) is 19.7 Å². The second-order valence-electron chi connectivity index (χ2n) is 8.58. The predicted molar refractivity (Wildman–Crippen MR) is 144 cm³/mol. The SMILES string of the molecule is CC.COC(=O)C1=C(C)NC(C)=C(C(=O)OCCN(C)Cc2ccccc2)C1c1cccc([N+](C)=O)c1. The van der Waals surface area contributed by atoms with E-state index in [4.69, 9.17) is 9.47 Å². The van der Waals surface area contributed by atoms with Crippen molar-refractivity contribution >= 4 is 17.6 Å². The number of nitroso groups, excluding NO2 is 1. The molecule has 37 heavy (non-hydrogen) atoms. The molecule has 1 unspecified atom stereocenters. The zero-order chi connectivity index (χ0) is 27.5. The van der Waals surface area contributed by atoms with Crippen LogP contribution in [-0.2, 0) is 25.6 Å². The maximum absolute atomic E-state index is 13.3. The number of esters is 2. The molecule has 198 valence electrons. The van der Waals surface area contributed by atoms with E-state index in [-0.39, 0.29) is 6.61 Å². The minimum atomic E-state index is -0.738. The molecule has 0 spiro atoms. The van der Waals surface area contributed by atoms with Crippen molar-refractivity contribution in [2.75, 3.05) is 34.4 Å². The minimum Gasteiger partial charge on any atom is -0.466 e. The van der Waals surface area contributed by atoms with E-state index in [9.17, 15) is 14.5 Å². The van der Waals surface area contributed by atoms with Gasteiger partial charge < -0.3 is 14.8 Å². The summed E-state index contributed by atoms with van der Waals surface area (Å²) in [4.78, 5) is 40.1. The highest BCUT2D eigenvalue weighted by Crippen LogP contribution is 2.40. The average molecular weight is 509 g/mol. The Hall–Kier alpha value is -3.78. The Morgan fingerprint density at radius 3 is 2.19 bits per heavy atom. The topological polar surface area (TPSA) is 87.9 Å². The fraction of sp³-hybridized carbons (Fsp3) is 0.379. The molecule has 0 radical (unpaired) electrons. The van der Waals surface area contributed by atoms with Crippen molar-refractivity contribution in [2.24, 2.45) is 0 Å². The summed E-state index contributed by atoms with van der Waals surface area (Å²) in [5.41, 5.74) is 3.99. The lowest BCUT2D eigenvalue weighted by atomic mass is 9.80. The fourth-order valence-electron chi connectivity index (χ4n) is 4.22. The number of nitrogens with one attached hydrogen (secondary N) is 1. The molecule has 0 bridgehead atoms. The number of carbonyl (C=O) groups excluding carboxylic acids is 2. The zero-order valence-electron chi connectivity index (χ0n) is 22.8. The van der Waals surface area contributed by atoms with Crippen LogP contribution < -0.4 is 5.32 Å². The van der Waals surface area contributed by atoms with Crippen molar-refractivity contribution in [1.29, 1.82) is 0 Å². The van der Waals surface area contributed by atoms with Crippen molar-refractivity contribution < 1.29 is 23.8 Å². The quantitative estimate of drug-likeness (QED) is 0.383. The smallest absolute Gasteiger partial charge is 0.336 e. The first-order valence-corrected chi connectivity index (χ1v) is 12.4. The Labute approximate surface area is 219 Å². The van der Waals surface area contributed by atoms with Gasteiger partial charge in [0.1, 0.15) is 6.61 Å². The van der Waals surface area contributed by atoms with Gasteiger partial charge in [-0.1, -0.05) is 56.3 Å². The third kappa shape index (κ3) is 7.60. The summed E-state index contributed by atoms with van der Waals surface area (Å²) < 4.78 is 11.4. The van der Waals surface area contributed by atoms with Crippen molar-refractivity contribution in [1.82, 2.24) is 10.2 Å². The van der Waals surface area contributed by atoms with Crippen molar-refractivity contribution in [3.63, 3.8) is 0 Å². The molecule has 1 aliphatic heterocycles. The first-order chi connectivity index (χ1) is 17.7. The van der Waals surface area contributed by atoms with Gasteiger partial charge in [-0.15, -0.1) is 0 Å². The molecule has 8 heteroatoms. The number of carbonyl (C=O) groups is 2. The summed E-state index contributed by atoms with van der Waals surface area (Å²) in [5.74, 6) is -1.82. The van der Waals surface area contributed by atoms with E-state index < -0.39 is 17.9 Å². The fourth-order valence-corrected chi connectivity index (χ4v) is 4.22. The van der Waals surface area contributed by atoms with E-state index in [1.807, 2.05) is 51.2 Å².